The molecule has 0 radical (unpaired) electrons. The lowest BCUT2D eigenvalue weighted by Gasteiger charge is -2.25. The number of benzene rings is 2. The third-order valence-corrected chi connectivity index (χ3v) is 5.57. The molecule has 0 saturated heterocycles. The normalized spacial score (nSPS) is 17.0. The number of hydrogen-bond acceptors (Lipinski definition) is 6. The van der Waals surface area contributed by atoms with Crippen LogP contribution < -0.4 is 0 Å². The SMILES string of the molecule is COC(=O)CCc1ccc(/C(O)=C2/C(=O)C(C(C)=O)Cc3ccc(C(C)=O)cc32)cc1. The van der Waals surface area contributed by atoms with Crippen LogP contribution in [0.3, 0.4) is 0 Å². The van der Waals surface area contributed by atoms with E-state index in [-0.39, 0.29) is 41.7 Å². The average Bonchev–Trinajstić information content (AvgIpc) is 2.76. The number of esters is 1. The lowest BCUT2D eigenvalue weighted by molar-refractivity contribution is -0.140. The van der Waals surface area contributed by atoms with Crippen molar-refractivity contribution >= 4 is 34.7 Å². The van der Waals surface area contributed by atoms with Gasteiger partial charge in [-0.3, -0.25) is 19.2 Å². The first-order chi connectivity index (χ1) is 14.7. The Morgan fingerprint density at radius 2 is 1.68 bits per heavy atom. The summed E-state index contributed by atoms with van der Waals surface area (Å²) in [6.45, 7) is 2.79. The van der Waals surface area contributed by atoms with E-state index in [1.54, 1.807) is 42.5 Å². The van der Waals surface area contributed by atoms with E-state index in [4.69, 9.17) is 0 Å². The molecule has 6 nitrogen and oxygen atoms in total. The highest BCUT2D eigenvalue weighted by Gasteiger charge is 2.36. The Labute approximate surface area is 180 Å². The monoisotopic (exact) mass is 420 g/mol. The number of aliphatic hydroxyl groups is 1. The van der Waals surface area contributed by atoms with Crippen molar-refractivity contribution in [3.8, 4) is 0 Å². The van der Waals surface area contributed by atoms with Crippen molar-refractivity contribution in [3.63, 3.8) is 0 Å². The zero-order chi connectivity index (χ0) is 22.7. The number of ketones is 3. The predicted molar refractivity (Wildman–Crippen MR) is 116 cm³/mol. The summed E-state index contributed by atoms with van der Waals surface area (Å²) in [6, 6.07) is 11.8. The van der Waals surface area contributed by atoms with Crippen LogP contribution in [0.5, 0.6) is 0 Å². The van der Waals surface area contributed by atoms with Gasteiger partial charge in [0.15, 0.2) is 11.6 Å². The van der Waals surface area contributed by atoms with Crippen LogP contribution in [0.2, 0.25) is 0 Å². The Morgan fingerprint density at radius 3 is 2.26 bits per heavy atom. The zero-order valence-corrected chi connectivity index (χ0v) is 17.7. The highest BCUT2D eigenvalue weighted by molar-refractivity contribution is 6.33. The lowest BCUT2D eigenvalue weighted by atomic mass is 9.76. The van der Waals surface area contributed by atoms with Crippen LogP contribution in [-0.2, 0) is 32.0 Å². The van der Waals surface area contributed by atoms with Crippen molar-refractivity contribution in [1.82, 2.24) is 0 Å². The van der Waals surface area contributed by atoms with E-state index in [2.05, 4.69) is 4.74 Å². The number of fused-ring (bicyclic) bond motifs is 1. The molecule has 0 aromatic heterocycles. The van der Waals surface area contributed by atoms with Gasteiger partial charge in [-0.15, -0.1) is 0 Å². The first kappa shape index (κ1) is 22.2. The highest BCUT2D eigenvalue weighted by Crippen LogP contribution is 2.37. The average molecular weight is 420 g/mol. The summed E-state index contributed by atoms with van der Waals surface area (Å²) in [5.41, 5.74) is 2.98. The van der Waals surface area contributed by atoms with E-state index in [9.17, 15) is 24.3 Å². The molecule has 0 saturated carbocycles. The van der Waals surface area contributed by atoms with Gasteiger partial charge in [0.1, 0.15) is 11.5 Å². The molecular weight excluding hydrogens is 396 g/mol. The Hall–Kier alpha value is -3.54. The summed E-state index contributed by atoms with van der Waals surface area (Å²) in [7, 11) is 1.33. The smallest absolute Gasteiger partial charge is 0.305 e. The van der Waals surface area contributed by atoms with E-state index >= 15 is 0 Å². The molecule has 1 aliphatic carbocycles. The van der Waals surface area contributed by atoms with Gasteiger partial charge in [-0.2, -0.15) is 0 Å². The Kier molecular flexibility index (Phi) is 6.49. The van der Waals surface area contributed by atoms with E-state index in [0.29, 0.717) is 23.1 Å². The number of carbonyl (C=O) groups is 4. The molecule has 0 aliphatic heterocycles. The standard InChI is InChI=1S/C25H24O6/c1-14(26)18-9-10-19-13-20(15(2)27)25(30)23(21(19)12-18)24(29)17-7-4-16(5-8-17)6-11-22(28)31-3/h4-5,7-10,12,20,29H,6,11,13H2,1-3H3/b24-23-. The van der Waals surface area contributed by atoms with Crippen molar-refractivity contribution < 1.29 is 29.0 Å². The Morgan fingerprint density at radius 1 is 1.03 bits per heavy atom. The van der Waals surface area contributed by atoms with Crippen molar-refractivity contribution in [2.75, 3.05) is 7.11 Å². The van der Waals surface area contributed by atoms with E-state index in [0.717, 1.165) is 11.1 Å². The van der Waals surface area contributed by atoms with Crippen LogP contribution in [0.15, 0.2) is 42.5 Å². The van der Waals surface area contributed by atoms with Gasteiger partial charge in [0.05, 0.1) is 18.6 Å². The van der Waals surface area contributed by atoms with E-state index < -0.39 is 11.7 Å². The molecule has 2 aromatic rings. The molecule has 3 rings (SSSR count). The molecule has 2 aromatic carbocycles. The first-order valence-electron chi connectivity index (χ1n) is 10.0. The molecule has 1 N–H and O–H groups in total. The fourth-order valence-corrected chi connectivity index (χ4v) is 3.72. The fraction of sp³-hybridized carbons (Fsp3) is 0.280. The van der Waals surface area contributed by atoms with Gasteiger partial charge in [0.2, 0.25) is 0 Å². The summed E-state index contributed by atoms with van der Waals surface area (Å²) >= 11 is 0. The molecule has 0 spiro atoms. The summed E-state index contributed by atoms with van der Waals surface area (Å²) in [4.78, 5) is 48.4. The van der Waals surface area contributed by atoms with Crippen molar-refractivity contribution in [1.29, 1.82) is 0 Å². The minimum atomic E-state index is -0.868. The van der Waals surface area contributed by atoms with Crippen molar-refractivity contribution in [2.45, 2.75) is 33.1 Å². The summed E-state index contributed by atoms with van der Waals surface area (Å²) < 4.78 is 4.64. The Bertz CT molecular complexity index is 1090. The number of allylic oxidation sites excluding steroid dienone is 1. The van der Waals surface area contributed by atoms with Gasteiger partial charge in [-0.05, 0) is 49.4 Å². The number of hydrogen-bond donors (Lipinski definition) is 1. The molecule has 0 bridgehead atoms. The van der Waals surface area contributed by atoms with Crippen molar-refractivity contribution in [3.05, 3.63) is 70.3 Å². The van der Waals surface area contributed by atoms with Gasteiger partial charge in [0, 0.05) is 17.5 Å². The number of carbonyl (C=O) groups excluding carboxylic acids is 4. The first-order valence-corrected chi connectivity index (χ1v) is 10.0. The summed E-state index contributed by atoms with van der Waals surface area (Å²) in [5.74, 6) is -2.29. The number of aliphatic hydroxyl groups excluding tert-OH is 1. The number of ether oxygens (including phenoxy) is 1. The third kappa shape index (κ3) is 4.63. The van der Waals surface area contributed by atoms with E-state index in [1.165, 1.54) is 21.0 Å². The number of Topliss-reactive ketones (excluding diaryl/α,β-unsaturated/α-hetero) is 3. The molecule has 160 valence electrons. The molecule has 1 atom stereocenters. The van der Waals surface area contributed by atoms with Gasteiger partial charge in [-0.1, -0.05) is 36.4 Å². The molecular formula is C25H24O6. The maximum Gasteiger partial charge on any atom is 0.305 e. The lowest BCUT2D eigenvalue weighted by Crippen LogP contribution is -2.30. The summed E-state index contributed by atoms with van der Waals surface area (Å²) in [5, 5.41) is 11.0. The summed E-state index contributed by atoms with van der Waals surface area (Å²) in [6.07, 6.45) is 0.967. The maximum absolute atomic E-state index is 13.1. The molecule has 1 unspecified atom stereocenters. The molecule has 0 amide bonds. The zero-order valence-electron chi connectivity index (χ0n) is 17.7. The fourth-order valence-electron chi connectivity index (χ4n) is 3.72. The van der Waals surface area contributed by atoms with Gasteiger partial charge >= 0.3 is 5.97 Å². The molecule has 0 heterocycles. The van der Waals surface area contributed by atoms with Crippen LogP contribution in [-0.4, -0.2) is 35.5 Å². The quantitative estimate of drug-likeness (QED) is 0.251. The number of methoxy groups -OCH3 is 1. The Balaban J connectivity index is 2.06. The molecule has 0 fully saturated rings. The second-order valence-electron chi connectivity index (χ2n) is 7.66. The van der Waals surface area contributed by atoms with Crippen LogP contribution in [0.4, 0.5) is 0 Å². The molecule has 31 heavy (non-hydrogen) atoms. The second-order valence-corrected chi connectivity index (χ2v) is 7.66. The van der Waals surface area contributed by atoms with Crippen LogP contribution in [0.25, 0.3) is 11.3 Å². The third-order valence-electron chi connectivity index (χ3n) is 5.57. The largest absolute Gasteiger partial charge is 0.507 e. The van der Waals surface area contributed by atoms with Gasteiger partial charge < -0.3 is 9.84 Å². The maximum atomic E-state index is 13.1. The van der Waals surface area contributed by atoms with Crippen LogP contribution in [0.1, 0.15) is 52.9 Å². The second kappa shape index (κ2) is 9.08. The van der Waals surface area contributed by atoms with Crippen molar-refractivity contribution in [2.24, 2.45) is 5.92 Å². The number of rotatable bonds is 6. The van der Waals surface area contributed by atoms with Gasteiger partial charge in [0.25, 0.3) is 0 Å². The minimum absolute atomic E-state index is 0.0480. The van der Waals surface area contributed by atoms with Crippen LogP contribution in [0, 0.1) is 5.92 Å². The number of aryl methyl sites for hydroxylation is 1. The molecule has 6 heteroatoms. The predicted octanol–water partition coefficient (Wildman–Crippen LogP) is 3.75. The van der Waals surface area contributed by atoms with E-state index in [1.807, 2.05) is 0 Å². The van der Waals surface area contributed by atoms with Gasteiger partial charge in [-0.25, -0.2) is 0 Å². The topological polar surface area (TPSA) is 97.7 Å². The molecule has 1 aliphatic rings. The van der Waals surface area contributed by atoms with Crippen LogP contribution >= 0.6 is 0 Å². The highest BCUT2D eigenvalue weighted by atomic mass is 16.5. The minimum Gasteiger partial charge on any atom is -0.507 e.